The van der Waals surface area contributed by atoms with E-state index < -0.39 is 0 Å². The molecule has 2 heteroatoms. The van der Waals surface area contributed by atoms with E-state index in [-0.39, 0.29) is 11.9 Å². The average Bonchev–Trinajstić information content (AvgIpc) is 2.40. The van der Waals surface area contributed by atoms with Crippen molar-refractivity contribution in [2.75, 3.05) is 0 Å². The molecule has 0 saturated heterocycles. The summed E-state index contributed by atoms with van der Waals surface area (Å²) >= 11 is 0. The van der Waals surface area contributed by atoms with Crippen LogP contribution in [0.25, 0.3) is 0 Å². The average molecular weight is 257 g/mol. The van der Waals surface area contributed by atoms with Crippen LogP contribution < -0.4 is 5.32 Å². The number of halogens is 1. The van der Waals surface area contributed by atoms with E-state index in [4.69, 9.17) is 0 Å². The number of hydrogen-bond donors (Lipinski definition) is 1. The minimum absolute atomic E-state index is 0.143. The molecule has 0 aliphatic heterocycles. The molecule has 1 atom stereocenters. The third-order valence-electron chi connectivity index (χ3n) is 3.41. The van der Waals surface area contributed by atoms with Crippen molar-refractivity contribution in [1.82, 2.24) is 5.32 Å². The second-order valence-electron chi connectivity index (χ2n) is 5.10. The van der Waals surface area contributed by atoms with Gasteiger partial charge in [0.2, 0.25) is 0 Å². The van der Waals surface area contributed by atoms with Gasteiger partial charge in [-0.05, 0) is 43.5 Å². The van der Waals surface area contributed by atoms with Crippen molar-refractivity contribution in [2.45, 2.75) is 33.4 Å². The molecule has 2 aromatic carbocycles. The summed E-state index contributed by atoms with van der Waals surface area (Å²) in [5, 5.41) is 3.46. The SMILES string of the molecule is Cc1ccc([C@@H](C)NCc2ccc(F)c(C)c2)cc1. The van der Waals surface area contributed by atoms with E-state index in [1.54, 1.807) is 6.92 Å². The lowest BCUT2D eigenvalue weighted by molar-refractivity contribution is 0.572. The number of hydrogen-bond acceptors (Lipinski definition) is 1. The molecule has 1 nitrogen and oxygen atoms in total. The summed E-state index contributed by atoms with van der Waals surface area (Å²) in [5.74, 6) is -0.143. The van der Waals surface area contributed by atoms with Gasteiger partial charge in [-0.2, -0.15) is 0 Å². The normalized spacial score (nSPS) is 12.4. The van der Waals surface area contributed by atoms with Gasteiger partial charge in [0.1, 0.15) is 5.82 Å². The first-order valence-corrected chi connectivity index (χ1v) is 6.61. The molecule has 0 amide bonds. The first kappa shape index (κ1) is 13.8. The van der Waals surface area contributed by atoms with Crippen molar-refractivity contribution in [3.8, 4) is 0 Å². The third-order valence-corrected chi connectivity index (χ3v) is 3.41. The molecular weight excluding hydrogens is 237 g/mol. The Kier molecular flexibility index (Phi) is 4.33. The van der Waals surface area contributed by atoms with Gasteiger partial charge in [-0.3, -0.25) is 0 Å². The van der Waals surface area contributed by atoms with Crippen molar-refractivity contribution in [3.63, 3.8) is 0 Å². The Morgan fingerprint density at radius 3 is 2.37 bits per heavy atom. The zero-order valence-corrected chi connectivity index (χ0v) is 11.7. The summed E-state index contributed by atoms with van der Waals surface area (Å²) in [5.41, 5.74) is 4.34. The molecule has 19 heavy (non-hydrogen) atoms. The Bertz CT molecular complexity index is 546. The number of aryl methyl sites for hydroxylation is 2. The molecule has 0 aliphatic carbocycles. The maximum Gasteiger partial charge on any atom is 0.126 e. The van der Waals surface area contributed by atoms with E-state index in [2.05, 4.69) is 43.4 Å². The topological polar surface area (TPSA) is 12.0 Å². The van der Waals surface area contributed by atoms with Gasteiger partial charge in [-0.1, -0.05) is 42.0 Å². The van der Waals surface area contributed by atoms with Gasteiger partial charge < -0.3 is 5.32 Å². The molecule has 0 aliphatic rings. The van der Waals surface area contributed by atoms with Crippen LogP contribution in [0.2, 0.25) is 0 Å². The molecule has 100 valence electrons. The molecule has 0 heterocycles. The molecule has 1 N–H and O–H groups in total. The zero-order valence-electron chi connectivity index (χ0n) is 11.7. The predicted octanol–water partition coefficient (Wildman–Crippen LogP) is 4.29. The molecule has 0 unspecified atom stereocenters. The van der Waals surface area contributed by atoms with E-state index in [1.165, 1.54) is 17.2 Å². The fourth-order valence-electron chi connectivity index (χ4n) is 2.06. The van der Waals surface area contributed by atoms with E-state index in [1.807, 2.05) is 12.1 Å². The van der Waals surface area contributed by atoms with Gasteiger partial charge in [-0.25, -0.2) is 4.39 Å². The maximum atomic E-state index is 13.2. The van der Waals surface area contributed by atoms with Crippen molar-refractivity contribution in [2.24, 2.45) is 0 Å². The van der Waals surface area contributed by atoms with Crippen molar-refractivity contribution in [1.29, 1.82) is 0 Å². The van der Waals surface area contributed by atoms with E-state index in [0.29, 0.717) is 5.56 Å². The molecule has 0 aromatic heterocycles. The van der Waals surface area contributed by atoms with Gasteiger partial charge in [-0.15, -0.1) is 0 Å². The molecule has 2 rings (SSSR count). The van der Waals surface area contributed by atoms with Crippen LogP contribution in [0.1, 0.15) is 35.2 Å². The van der Waals surface area contributed by atoms with Crippen LogP contribution >= 0.6 is 0 Å². The highest BCUT2D eigenvalue weighted by molar-refractivity contribution is 5.25. The van der Waals surface area contributed by atoms with Gasteiger partial charge >= 0.3 is 0 Å². The summed E-state index contributed by atoms with van der Waals surface area (Å²) in [6, 6.07) is 14.1. The Balaban J connectivity index is 1.98. The monoisotopic (exact) mass is 257 g/mol. The second-order valence-corrected chi connectivity index (χ2v) is 5.10. The first-order valence-electron chi connectivity index (χ1n) is 6.61. The third kappa shape index (κ3) is 3.65. The van der Waals surface area contributed by atoms with Crippen LogP contribution in [-0.4, -0.2) is 0 Å². The number of rotatable bonds is 4. The van der Waals surface area contributed by atoms with Gasteiger partial charge in [0.25, 0.3) is 0 Å². The molecule has 0 bridgehead atoms. The van der Waals surface area contributed by atoms with Crippen LogP contribution in [0.5, 0.6) is 0 Å². The van der Waals surface area contributed by atoms with Crippen molar-refractivity contribution >= 4 is 0 Å². The van der Waals surface area contributed by atoms with Gasteiger partial charge in [0, 0.05) is 12.6 Å². The molecule has 2 aromatic rings. The summed E-state index contributed by atoms with van der Waals surface area (Å²) in [6.45, 7) is 6.77. The molecule has 0 radical (unpaired) electrons. The minimum Gasteiger partial charge on any atom is -0.306 e. The van der Waals surface area contributed by atoms with E-state index in [0.717, 1.165) is 12.1 Å². The zero-order chi connectivity index (χ0) is 13.8. The van der Waals surface area contributed by atoms with Crippen LogP contribution in [0.4, 0.5) is 4.39 Å². The Labute approximate surface area is 114 Å². The fourth-order valence-corrected chi connectivity index (χ4v) is 2.06. The minimum atomic E-state index is -0.143. The summed E-state index contributed by atoms with van der Waals surface area (Å²) in [7, 11) is 0. The highest BCUT2D eigenvalue weighted by atomic mass is 19.1. The highest BCUT2D eigenvalue weighted by Crippen LogP contribution is 2.15. The largest absolute Gasteiger partial charge is 0.306 e. The highest BCUT2D eigenvalue weighted by Gasteiger charge is 2.05. The number of benzene rings is 2. The standard InChI is InChI=1S/C17H20FN/c1-12-4-7-16(8-5-12)14(3)19-11-15-6-9-17(18)13(2)10-15/h4-10,14,19H,11H2,1-3H3/t14-/m1/s1. The van der Waals surface area contributed by atoms with E-state index >= 15 is 0 Å². The lowest BCUT2D eigenvalue weighted by atomic mass is 10.1. The maximum absolute atomic E-state index is 13.2. The molecule has 0 saturated carbocycles. The Morgan fingerprint density at radius 1 is 1.05 bits per heavy atom. The van der Waals surface area contributed by atoms with Gasteiger partial charge in [0.05, 0.1) is 0 Å². The lowest BCUT2D eigenvalue weighted by Gasteiger charge is -2.15. The van der Waals surface area contributed by atoms with Gasteiger partial charge in [0.15, 0.2) is 0 Å². The number of nitrogens with one attached hydrogen (secondary N) is 1. The predicted molar refractivity (Wildman–Crippen MR) is 77.6 cm³/mol. The summed E-state index contributed by atoms with van der Waals surface area (Å²) < 4.78 is 13.2. The Hall–Kier alpha value is -1.67. The van der Waals surface area contributed by atoms with Crippen LogP contribution in [0.15, 0.2) is 42.5 Å². The lowest BCUT2D eigenvalue weighted by Crippen LogP contribution is -2.18. The van der Waals surface area contributed by atoms with Crippen molar-refractivity contribution in [3.05, 3.63) is 70.5 Å². The van der Waals surface area contributed by atoms with E-state index in [9.17, 15) is 4.39 Å². The Morgan fingerprint density at radius 2 is 1.74 bits per heavy atom. The molecule has 0 spiro atoms. The van der Waals surface area contributed by atoms with Crippen LogP contribution in [0.3, 0.4) is 0 Å². The van der Waals surface area contributed by atoms with Crippen LogP contribution in [-0.2, 0) is 6.54 Å². The molecular formula is C17H20FN. The quantitative estimate of drug-likeness (QED) is 0.861. The smallest absolute Gasteiger partial charge is 0.126 e. The molecule has 0 fully saturated rings. The fraction of sp³-hybridized carbons (Fsp3) is 0.294. The summed E-state index contributed by atoms with van der Waals surface area (Å²) in [6.07, 6.45) is 0. The summed E-state index contributed by atoms with van der Waals surface area (Å²) in [4.78, 5) is 0. The van der Waals surface area contributed by atoms with Crippen molar-refractivity contribution < 1.29 is 4.39 Å². The second kappa shape index (κ2) is 5.98. The first-order chi connectivity index (χ1) is 9.06. The van der Waals surface area contributed by atoms with Crippen LogP contribution in [0, 0.1) is 19.7 Å².